The van der Waals surface area contributed by atoms with Crippen LogP contribution in [0.4, 0.5) is 0 Å². The van der Waals surface area contributed by atoms with E-state index >= 15 is 0 Å². The number of aromatic nitrogens is 2. The van der Waals surface area contributed by atoms with Crippen molar-refractivity contribution in [3.05, 3.63) is 26.9 Å². The average Bonchev–Trinajstić information content (AvgIpc) is 2.42. The first-order chi connectivity index (χ1) is 9.20. The third kappa shape index (κ3) is 4.01. The highest BCUT2D eigenvalue weighted by Gasteiger charge is 2.13. The Hall–Kier alpha value is -0.940. The summed E-state index contributed by atoms with van der Waals surface area (Å²) in [5.41, 5.74) is 0.658. The molecule has 0 aromatic carbocycles. The summed E-state index contributed by atoms with van der Waals surface area (Å²) in [4.78, 5) is 14.3. The summed E-state index contributed by atoms with van der Waals surface area (Å²) in [6, 6.07) is 0. The molecular weight excluding hydrogens is 260 g/mol. The molecule has 1 aliphatic carbocycles. The van der Waals surface area contributed by atoms with E-state index in [2.05, 4.69) is 4.98 Å². The molecule has 1 aromatic heterocycles. The number of hydrogen-bond donors (Lipinski definition) is 1. The molecule has 1 aliphatic rings. The molecule has 0 saturated heterocycles. The van der Waals surface area contributed by atoms with Crippen LogP contribution in [0.1, 0.15) is 44.6 Å². The molecule has 1 N–H and O–H groups in total. The second-order valence-electron chi connectivity index (χ2n) is 5.24. The summed E-state index contributed by atoms with van der Waals surface area (Å²) >= 11 is 5.14. The van der Waals surface area contributed by atoms with Gasteiger partial charge in [0.2, 0.25) is 0 Å². The van der Waals surface area contributed by atoms with Crippen molar-refractivity contribution in [3.8, 4) is 0 Å². The van der Waals surface area contributed by atoms with Gasteiger partial charge in [-0.25, -0.2) is 0 Å². The monoisotopic (exact) mass is 282 g/mol. The quantitative estimate of drug-likeness (QED) is 0.844. The molecule has 0 atom stereocenters. The summed E-state index contributed by atoms with van der Waals surface area (Å²) in [5, 5.41) is 0. The standard InChI is InChI=1S/C14H22N2O2S/c1-2-12-8-16(14(19)15-13(12)17)10-18-9-11-6-4-3-5-7-11/h8,11H,2-7,9-10H2,1H3,(H,15,17,19). The third-order valence-corrected chi connectivity index (χ3v) is 4.11. The van der Waals surface area contributed by atoms with Crippen molar-refractivity contribution >= 4 is 12.2 Å². The van der Waals surface area contributed by atoms with Crippen LogP contribution in [0.25, 0.3) is 0 Å². The van der Waals surface area contributed by atoms with E-state index in [0.29, 0.717) is 23.8 Å². The molecule has 0 unspecified atom stereocenters. The molecule has 106 valence electrons. The van der Waals surface area contributed by atoms with Gasteiger partial charge in [-0.3, -0.25) is 9.78 Å². The van der Waals surface area contributed by atoms with Crippen molar-refractivity contribution in [2.75, 3.05) is 6.61 Å². The van der Waals surface area contributed by atoms with Crippen molar-refractivity contribution in [1.82, 2.24) is 9.55 Å². The first-order valence-electron chi connectivity index (χ1n) is 7.11. The number of rotatable bonds is 5. The van der Waals surface area contributed by atoms with Gasteiger partial charge >= 0.3 is 0 Å². The van der Waals surface area contributed by atoms with Gasteiger partial charge in [0.1, 0.15) is 6.73 Å². The van der Waals surface area contributed by atoms with E-state index in [1.54, 1.807) is 4.57 Å². The number of ether oxygens (including phenoxy) is 1. The SMILES string of the molecule is CCc1cn(COCC2CCCCC2)c(=S)[nH]c1=O. The molecule has 1 fully saturated rings. The lowest BCUT2D eigenvalue weighted by Crippen LogP contribution is -2.20. The lowest BCUT2D eigenvalue weighted by atomic mass is 9.90. The lowest BCUT2D eigenvalue weighted by Gasteiger charge is -2.21. The van der Waals surface area contributed by atoms with E-state index < -0.39 is 0 Å². The minimum absolute atomic E-state index is 0.0870. The van der Waals surface area contributed by atoms with Crippen LogP contribution in [0.15, 0.2) is 11.0 Å². The number of aromatic amines is 1. The molecular formula is C14H22N2O2S. The normalized spacial score (nSPS) is 16.7. The van der Waals surface area contributed by atoms with E-state index in [9.17, 15) is 4.79 Å². The topological polar surface area (TPSA) is 47.0 Å². The van der Waals surface area contributed by atoms with Crippen molar-refractivity contribution in [3.63, 3.8) is 0 Å². The van der Waals surface area contributed by atoms with Crippen LogP contribution in [0, 0.1) is 10.7 Å². The van der Waals surface area contributed by atoms with Gasteiger partial charge in [-0.15, -0.1) is 0 Å². The van der Waals surface area contributed by atoms with Crippen LogP contribution in [0.2, 0.25) is 0 Å². The Labute approximate surface area is 118 Å². The van der Waals surface area contributed by atoms with Crippen LogP contribution < -0.4 is 5.56 Å². The lowest BCUT2D eigenvalue weighted by molar-refractivity contribution is 0.0385. The second kappa shape index (κ2) is 7.01. The van der Waals surface area contributed by atoms with E-state index in [0.717, 1.165) is 12.2 Å². The van der Waals surface area contributed by atoms with E-state index in [1.807, 2.05) is 13.1 Å². The molecule has 5 heteroatoms. The molecule has 0 amide bonds. The highest BCUT2D eigenvalue weighted by molar-refractivity contribution is 7.71. The second-order valence-corrected chi connectivity index (χ2v) is 5.63. The molecule has 4 nitrogen and oxygen atoms in total. The highest BCUT2D eigenvalue weighted by Crippen LogP contribution is 2.23. The predicted octanol–water partition coefficient (Wildman–Crippen LogP) is 3.02. The fourth-order valence-electron chi connectivity index (χ4n) is 2.57. The maximum atomic E-state index is 11.6. The van der Waals surface area contributed by atoms with Gasteiger partial charge in [0.05, 0.1) is 6.61 Å². The van der Waals surface area contributed by atoms with Crippen molar-refractivity contribution < 1.29 is 4.74 Å². The molecule has 1 heterocycles. The number of nitrogens with zero attached hydrogens (tertiary/aromatic N) is 1. The molecule has 2 rings (SSSR count). The average molecular weight is 282 g/mol. The maximum absolute atomic E-state index is 11.6. The summed E-state index contributed by atoms with van der Waals surface area (Å²) in [6.07, 6.45) is 9.07. The van der Waals surface area contributed by atoms with Crippen molar-refractivity contribution in [2.24, 2.45) is 5.92 Å². The Balaban J connectivity index is 1.91. The molecule has 19 heavy (non-hydrogen) atoms. The summed E-state index contributed by atoms with van der Waals surface area (Å²) in [7, 11) is 0. The molecule has 1 aromatic rings. The molecule has 0 spiro atoms. The van der Waals surface area contributed by atoms with Gasteiger partial charge in [-0.1, -0.05) is 26.2 Å². The minimum atomic E-state index is -0.0870. The highest BCUT2D eigenvalue weighted by atomic mass is 32.1. The van der Waals surface area contributed by atoms with Crippen LogP contribution in [0.5, 0.6) is 0 Å². The zero-order valence-electron chi connectivity index (χ0n) is 11.5. The van der Waals surface area contributed by atoms with Gasteiger partial charge in [0, 0.05) is 11.8 Å². The first-order valence-corrected chi connectivity index (χ1v) is 7.52. The molecule has 0 aliphatic heterocycles. The Kier molecular flexibility index (Phi) is 5.34. The van der Waals surface area contributed by atoms with Gasteiger partial charge in [0.25, 0.3) is 5.56 Å². The van der Waals surface area contributed by atoms with Crippen LogP contribution in [0.3, 0.4) is 0 Å². The zero-order valence-corrected chi connectivity index (χ0v) is 12.3. The zero-order chi connectivity index (χ0) is 13.7. The molecule has 1 saturated carbocycles. The Morgan fingerprint density at radius 3 is 2.84 bits per heavy atom. The largest absolute Gasteiger partial charge is 0.360 e. The molecule has 0 radical (unpaired) electrons. The number of aryl methyl sites for hydroxylation is 1. The van der Waals surface area contributed by atoms with Crippen LogP contribution >= 0.6 is 12.2 Å². The van der Waals surface area contributed by atoms with Crippen LogP contribution in [-0.4, -0.2) is 16.2 Å². The predicted molar refractivity (Wildman–Crippen MR) is 77.8 cm³/mol. The van der Waals surface area contributed by atoms with E-state index in [-0.39, 0.29) is 5.56 Å². The minimum Gasteiger partial charge on any atom is -0.360 e. The Bertz CT molecular complexity index is 515. The number of hydrogen-bond acceptors (Lipinski definition) is 3. The molecule has 0 bridgehead atoms. The summed E-state index contributed by atoms with van der Waals surface area (Å²) < 4.78 is 7.99. The van der Waals surface area contributed by atoms with Crippen LogP contribution in [-0.2, 0) is 17.9 Å². The van der Waals surface area contributed by atoms with E-state index in [1.165, 1.54) is 32.1 Å². The maximum Gasteiger partial charge on any atom is 0.254 e. The van der Waals surface area contributed by atoms with Gasteiger partial charge in [0.15, 0.2) is 4.77 Å². The smallest absolute Gasteiger partial charge is 0.254 e. The fraction of sp³-hybridized carbons (Fsp3) is 0.714. The van der Waals surface area contributed by atoms with Crippen molar-refractivity contribution in [2.45, 2.75) is 52.2 Å². The first kappa shape index (κ1) is 14.5. The summed E-state index contributed by atoms with van der Waals surface area (Å²) in [6.45, 7) is 3.18. The van der Waals surface area contributed by atoms with E-state index in [4.69, 9.17) is 17.0 Å². The fourth-order valence-corrected chi connectivity index (χ4v) is 2.77. The van der Waals surface area contributed by atoms with Gasteiger partial charge in [-0.05, 0) is 37.4 Å². The number of H-pyrrole nitrogens is 1. The van der Waals surface area contributed by atoms with Crippen molar-refractivity contribution in [1.29, 1.82) is 0 Å². The number of nitrogens with one attached hydrogen (secondary N) is 1. The Morgan fingerprint density at radius 1 is 1.42 bits per heavy atom. The summed E-state index contributed by atoms with van der Waals surface area (Å²) in [5.74, 6) is 0.691. The van der Waals surface area contributed by atoms with Gasteiger partial charge < -0.3 is 9.30 Å². The third-order valence-electron chi connectivity index (χ3n) is 3.77. The van der Waals surface area contributed by atoms with Gasteiger partial charge in [-0.2, -0.15) is 0 Å². The Morgan fingerprint density at radius 2 is 2.16 bits per heavy atom.